The van der Waals surface area contributed by atoms with Crippen LogP contribution in [0.1, 0.15) is 19.4 Å². The lowest BCUT2D eigenvalue weighted by molar-refractivity contribution is -0.166. The quantitative estimate of drug-likeness (QED) is 0.815. The molecule has 1 saturated heterocycles. The van der Waals surface area contributed by atoms with Crippen molar-refractivity contribution >= 4 is 21.8 Å². The van der Waals surface area contributed by atoms with Gasteiger partial charge in [0.25, 0.3) is 10.0 Å². The van der Waals surface area contributed by atoms with Crippen LogP contribution in [0.25, 0.3) is 0 Å². The summed E-state index contributed by atoms with van der Waals surface area (Å²) in [5.74, 6) is -0.322. The lowest BCUT2D eigenvalue weighted by Crippen LogP contribution is -2.44. The van der Waals surface area contributed by atoms with E-state index in [1.807, 2.05) is 6.92 Å². The summed E-state index contributed by atoms with van der Waals surface area (Å²) >= 11 is 0. The zero-order valence-electron chi connectivity index (χ0n) is 12.9. The Balaban J connectivity index is 1.73. The molecule has 1 aromatic carbocycles. The van der Waals surface area contributed by atoms with Crippen molar-refractivity contribution in [1.82, 2.24) is 4.72 Å². The number of sulfonamides is 1. The maximum Gasteiger partial charge on any atom is 0.330 e. The van der Waals surface area contributed by atoms with Crippen molar-refractivity contribution in [2.24, 2.45) is 10.4 Å². The highest BCUT2D eigenvalue weighted by Gasteiger charge is 2.36. The molecule has 1 aromatic rings. The fraction of sp³-hybridized carbons (Fsp3) is 0.467. The Bertz CT molecular complexity index is 768. The molecule has 0 amide bonds. The van der Waals surface area contributed by atoms with Crippen LogP contribution in [-0.2, 0) is 24.3 Å². The number of hydrogen-bond acceptors (Lipinski definition) is 6. The van der Waals surface area contributed by atoms with Gasteiger partial charge in [0.05, 0.1) is 18.1 Å². The molecular weight excluding hydrogens is 320 g/mol. The van der Waals surface area contributed by atoms with Gasteiger partial charge >= 0.3 is 5.97 Å². The average Bonchev–Trinajstić information content (AvgIpc) is 2.74. The number of nitrogens with zero attached hydrogens (tertiary/aromatic N) is 1. The lowest BCUT2D eigenvalue weighted by Gasteiger charge is -2.37. The number of hydrogen-bond donors (Lipinski definition) is 1. The van der Waals surface area contributed by atoms with Gasteiger partial charge < -0.3 is 9.47 Å². The lowest BCUT2D eigenvalue weighted by atomic mass is 9.90. The number of carbonyl (C=O) groups is 1. The Kier molecular flexibility index (Phi) is 3.89. The Labute approximate surface area is 134 Å². The standard InChI is InChI=1S/C15H18N2O5S/c1-10(14(18)22-9-15(2)7-21-8-15)16-13-11-5-3-4-6-12(11)23(19,20)17-13/h3-6,10H,7-9H2,1-2H3,(H,16,17)/t10-/m0/s1. The summed E-state index contributed by atoms with van der Waals surface area (Å²) in [5, 5.41) is 0. The van der Waals surface area contributed by atoms with E-state index in [-0.39, 0.29) is 22.8 Å². The van der Waals surface area contributed by atoms with Gasteiger partial charge in [-0.1, -0.05) is 19.1 Å². The molecule has 3 rings (SSSR count). The summed E-state index contributed by atoms with van der Waals surface area (Å²) in [4.78, 5) is 16.4. The maximum atomic E-state index is 12.0. The molecule has 2 heterocycles. The van der Waals surface area contributed by atoms with E-state index in [1.165, 1.54) is 6.07 Å². The highest BCUT2D eigenvalue weighted by atomic mass is 32.2. The predicted octanol–water partition coefficient (Wildman–Crippen LogP) is 0.693. The first-order valence-electron chi connectivity index (χ1n) is 7.25. The van der Waals surface area contributed by atoms with E-state index >= 15 is 0 Å². The largest absolute Gasteiger partial charge is 0.463 e. The van der Waals surface area contributed by atoms with Gasteiger partial charge in [0.1, 0.15) is 18.5 Å². The molecule has 23 heavy (non-hydrogen) atoms. The molecule has 1 N–H and O–H groups in total. The molecule has 7 nitrogen and oxygen atoms in total. The SMILES string of the molecule is C[C@H](N=C1NS(=O)(=O)c2ccccc21)C(=O)OCC1(C)COC1. The second-order valence-electron chi connectivity index (χ2n) is 6.17. The van der Waals surface area contributed by atoms with E-state index in [9.17, 15) is 13.2 Å². The van der Waals surface area contributed by atoms with Gasteiger partial charge in [0.2, 0.25) is 0 Å². The van der Waals surface area contributed by atoms with Crippen LogP contribution in [0.3, 0.4) is 0 Å². The Morgan fingerprint density at radius 2 is 2.13 bits per heavy atom. The summed E-state index contributed by atoms with van der Waals surface area (Å²) in [6, 6.07) is 5.71. The van der Waals surface area contributed by atoms with Crippen LogP contribution in [0, 0.1) is 5.41 Å². The second kappa shape index (κ2) is 5.61. The minimum Gasteiger partial charge on any atom is -0.463 e. The number of carbonyl (C=O) groups excluding carboxylic acids is 1. The van der Waals surface area contributed by atoms with E-state index in [0.29, 0.717) is 18.8 Å². The highest BCUT2D eigenvalue weighted by Crippen LogP contribution is 2.27. The second-order valence-corrected chi connectivity index (χ2v) is 7.82. The molecule has 1 atom stereocenters. The number of aliphatic imine (C=N–C) groups is 1. The van der Waals surface area contributed by atoms with Crippen molar-refractivity contribution in [2.45, 2.75) is 24.8 Å². The number of rotatable bonds is 4. The summed E-state index contributed by atoms with van der Waals surface area (Å²) in [5.41, 5.74) is 0.330. The molecule has 0 aromatic heterocycles. The highest BCUT2D eigenvalue weighted by molar-refractivity contribution is 7.90. The van der Waals surface area contributed by atoms with E-state index in [4.69, 9.17) is 9.47 Å². The molecule has 124 valence electrons. The minimum absolute atomic E-state index is 0.135. The average molecular weight is 338 g/mol. The van der Waals surface area contributed by atoms with Crippen molar-refractivity contribution in [3.63, 3.8) is 0 Å². The van der Waals surface area contributed by atoms with Crippen LogP contribution < -0.4 is 4.72 Å². The van der Waals surface area contributed by atoms with Crippen LogP contribution in [0.5, 0.6) is 0 Å². The zero-order chi connectivity index (χ0) is 16.7. The van der Waals surface area contributed by atoms with Gasteiger partial charge in [-0.25, -0.2) is 13.2 Å². The third-order valence-electron chi connectivity index (χ3n) is 3.79. The third-order valence-corrected chi connectivity index (χ3v) is 5.19. The molecule has 0 aliphatic carbocycles. The fourth-order valence-electron chi connectivity index (χ4n) is 2.38. The van der Waals surface area contributed by atoms with Crippen molar-refractivity contribution in [3.8, 4) is 0 Å². The molecule has 2 aliphatic heterocycles. The summed E-state index contributed by atoms with van der Waals surface area (Å²) in [6.07, 6.45) is 0. The summed E-state index contributed by atoms with van der Waals surface area (Å²) < 4.78 is 36.7. The molecule has 0 saturated carbocycles. The number of fused-ring (bicyclic) bond motifs is 1. The zero-order valence-corrected chi connectivity index (χ0v) is 13.7. The first kappa shape index (κ1) is 15.9. The monoisotopic (exact) mass is 338 g/mol. The number of nitrogens with one attached hydrogen (secondary N) is 1. The van der Waals surface area contributed by atoms with Gasteiger partial charge in [-0.15, -0.1) is 0 Å². The first-order chi connectivity index (χ1) is 10.8. The van der Waals surface area contributed by atoms with Crippen molar-refractivity contribution < 1.29 is 22.7 Å². The molecule has 8 heteroatoms. The first-order valence-corrected chi connectivity index (χ1v) is 8.73. The number of benzene rings is 1. The minimum atomic E-state index is -3.61. The molecular formula is C15H18N2O5S. The van der Waals surface area contributed by atoms with Gasteiger partial charge in [0, 0.05) is 11.0 Å². The Morgan fingerprint density at radius 1 is 1.43 bits per heavy atom. The molecule has 0 radical (unpaired) electrons. The van der Waals surface area contributed by atoms with Crippen LogP contribution in [0.2, 0.25) is 0 Å². The van der Waals surface area contributed by atoms with Gasteiger partial charge in [-0.2, -0.15) is 0 Å². The Hall–Kier alpha value is -1.93. The van der Waals surface area contributed by atoms with Gasteiger partial charge in [-0.05, 0) is 19.1 Å². The van der Waals surface area contributed by atoms with E-state index in [1.54, 1.807) is 25.1 Å². The number of ether oxygens (including phenoxy) is 2. The molecule has 0 bridgehead atoms. The van der Waals surface area contributed by atoms with Crippen molar-refractivity contribution in [3.05, 3.63) is 29.8 Å². The van der Waals surface area contributed by atoms with Crippen LogP contribution in [-0.4, -0.2) is 46.1 Å². The number of esters is 1. The molecule has 0 spiro atoms. The molecule has 1 fully saturated rings. The number of amidine groups is 1. The summed E-state index contributed by atoms with van der Waals surface area (Å²) in [7, 11) is -3.61. The van der Waals surface area contributed by atoms with Crippen molar-refractivity contribution in [2.75, 3.05) is 19.8 Å². The maximum absolute atomic E-state index is 12.0. The van der Waals surface area contributed by atoms with Gasteiger partial charge in [0.15, 0.2) is 0 Å². The summed E-state index contributed by atoms with van der Waals surface area (Å²) in [6.45, 7) is 4.95. The van der Waals surface area contributed by atoms with Crippen LogP contribution in [0.4, 0.5) is 0 Å². The van der Waals surface area contributed by atoms with E-state index in [0.717, 1.165) is 0 Å². The predicted molar refractivity (Wildman–Crippen MR) is 82.6 cm³/mol. The van der Waals surface area contributed by atoms with E-state index in [2.05, 4.69) is 9.71 Å². The van der Waals surface area contributed by atoms with Crippen molar-refractivity contribution in [1.29, 1.82) is 0 Å². The van der Waals surface area contributed by atoms with Gasteiger partial charge in [-0.3, -0.25) is 9.71 Å². The smallest absolute Gasteiger partial charge is 0.330 e. The van der Waals surface area contributed by atoms with Crippen LogP contribution >= 0.6 is 0 Å². The molecule has 2 aliphatic rings. The Morgan fingerprint density at radius 3 is 2.78 bits per heavy atom. The topological polar surface area (TPSA) is 94.1 Å². The normalized spacial score (nSPS) is 23.5. The molecule has 0 unspecified atom stereocenters. The fourth-order valence-corrected chi connectivity index (χ4v) is 3.62. The van der Waals surface area contributed by atoms with E-state index < -0.39 is 22.0 Å². The van der Waals surface area contributed by atoms with Crippen LogP contribution in [0.15, 0.2) is 34.2 Å². The third kappa shape index (κ3) is 3.09.